The number of thiophene rings is 1. The number of amides is 1. The number of hydrogen-bond donors (Lipinski definition) is 1. The van der Waals surface area contributed by atoms with Crippen molar-refractivity contribution >= 4 is 54.9 Å². The molecule has 5 rings (SSSR count). The van der Waals surface area contributed by atoms with Crippen LogP contribution in [0.5, 0.6) is 0 Å². The van der Waals surface area contributed by atoms with Crippen molar-refractivity contribution in [2.45, 2.75) is 6.92 Å². The molecule has 144 valence electrons. The number of anilines is 1. The first-order valence-electron chi connectivity index (χ1n) is 8.72. The van der Waals surface area contributed by atoms with Gasteiger partial charge in [0, 0.05) is 17.8 Å². The Morgan fingerprint density at radius 1 is 1.28 bits per heavy atom. The molecule has 5 aromatic rings. The summed E-state index contributed by atoms with van der Waals surface area (Å²) in [5, 5.41) is 6.59. The number of furan rings is 1. The number of carbonyl (C=O) groups is 1. The normalized spacial score (nSPS) is 11.4. The third kappa shape index (κ3) is 2.95. The molecule has 0 bridgehead atoms. The number of nitrogens with zero attached hydrogens (tertiary/aromatic N) is 3. The van der Waals surface area contributed by atoms with Gasteiger partial charge in [0.15, 0.2) is 10.9 Å². The van der Waals surface area contributed by atoms with E-state index in [4.69, 9.17) is 4.42 Å². The van der Waals surface area contributed by atoms with Crippen LogP contribution in [0.1, 0.15) is 15.2 Å². The monoisotopic (exact) mass is 422 g/mol. The van der Waals surface area contributed by atoms with E-state index < -0.39 is 0 Å². The van der Waals surface area contributed by atoms with Crippen LogP contribution in [0.25, 0.3) is 32.6 Å². The minimum atomic E-state index is -0.307. The summed E-state index contributed by atoms with van der Waals surface area (Å²) >= 11 is 2.52. The molecule has 1 amide bonds. The van der Waals surface area contributed by atoms with Crippen molar-refractivity contribution in [2.75, 3.05) is 5.32 Å². The third-order valence-electron chi connectivity index (χ3n) is 4.62. The Labute approximate surface area is 172 Å². The average Bonchev–Trinajstić information content (AvgIpc) is 3.41. The minimum absolute atomic E-state index is 0.163. The van der Waals surface area contributed by atoms with Gasteiger partial charge >= 0.3 is 0 Å². The van der Waals surface area contributed by atoms with Crippen LogP contribution in [0.2, 0.25) is 0 Å². The molecule has 29 heavy (non-hydrogen) atoms. The summed E-state index contributed by atoms with van der Waals surface area (Å²) in [6.45, 7) is 1.76. The Morgan fingerprint density at radius 3 is 2.93 bits per heavy atom. The van der Waals surface area contributed by atoms with Crippen LogP contribution in [-0.4, -0.2) is 20.4 Å². The molecule has 0 spiro atoms. The van der Waals surface area contributed by atoms with Crippen LogP contribution in [-0.2, 0) is 7.05 Å². The Bertz CT molecular complexity index is 1420. The predicted octanol–water partition coefficient (Wildman–Crippen LogP) is 4.43. The Morgan fingerprint density at radius 2 is 2.10 bits per heavy atom. The fourth-order valence-corrected chi connectivity index (χ4v) is 4.86. The lowest BCUT2D eigenvalue weighted by atomic mass is 10.2. The van der Waals surface area contributed by atoms with Gasteiger partial charge in [0.05, 0.1) is 16.6 Å². The molecule has 1 aromatic carbocycles. The second-order valence-corrected chi connectivity index (χ2v) is 8.39. The zero-order valence-corrected chi connectivity index (χ0v) is 17.1. The molecule has 4 aromatic heterocycles. The first-order valence-corrected chi connectivity index (χ1v) is 10.4. The van der Waals surface area contributed by atoms with E-state index in [-0.39, 0.29) is 11.5 Å². The van der Waals surface area contributed by atoms with Crippen molar-refractivity contribution in [3.05, 3.63) is 62.8 Å². The molecule has 0 aliphatic carbocycles. The van der Waals surface area contributed by atoms with Crippen LogP contribution in [0.4, 0.5) is 5.13 Å². The predicted molar refractivity (Wildman–Crippen MR) is 115 cm³/mol. The van der Waals surface area contributed by atoms with Gasteiger partial charge in [-0.25, -0.2) is 9.97 Å². The van der Waals surface area contributed by atoms with Gasteiger partial charge in [0.25, 0.3) is 11.5 Å². The van der Waals surface area contributed by atoms with Crippen LogP contribution >= 0.6 is 22.7 Å². The van der Waals surface area contributed by atoms with Crippen LogP contribution in [0, 0.1) is 6.92 Å². The number of benzene rings is 1. The van der Waals surface area contributed by atoms with E-state index in [0.29, 0.717) is 37.2 Å². The lowest BCUT2D eigenvalue weighted by molar-refractivity contribution is 0.103. The van der Waals surface area contributed by atoms with Crippen molar-refractivity contribution < 1.29 is 9.21 Å². The molecule has 0 saturated carbocycles. The van der Waals surface area contributed by atoms with Gasteiger partial charge in [-0.3, -0.25) is 14.9 Å². The highest BCUT2D eigenvalue weighted by atomic mass is 32.1. The maximum atomic E-state index is 12.8. The molecular weight excluding hydrogens is 408 g/mol. The molecule has 0 fully saturated rings. The molecule has 0 aliphatic heterocycles. The maximum Gasteiger partial charge on any atom is 0.267 e. The van der Waals surface area contributed by atoms with Crippen LogP contribution in [0.15, 0.2) is 51.3 Å². The number of aryl methyl sites for hydroxylation is 2. The van der Waals surface area contributed by atoms with Gasteiger partial charge < -0.3 is 8.98 Å². The molecular formula is C20H14N4O3S2. The third-order valence-corrected chi connectivity index (χ3v) is 6.58. The van der Waals surface area contributed by atoms with Crippen molar-refractivity contribution in [2.24, 2.45) is 7.05 Å². The quantitative estimate of drug-likeness (QED) is 0.465. The van der Waals surface area contributed by atoms with Crippen molar-refractivity contribution in [1.29, 1.82) is 0 Å². The number of carbonyl (C=O) groups excluding carboxylic acids is 1. The molecule has 0 saturated heterocycles. The van der Waals surface area contributed by atoms with Gasteiger partial charge in [0.1, 0.15) is 16.1 Å². The summed E-state index contributed by atoms with van der Waals surface area (Å²) in [6.07, 6.45) is 1.46. The topological polar surface area (TPSA) is 90.0 Å². The molecule has 0 aliphatic rings. The summed E-state index contributed by atoms with van der Waals surface area (Å²) in [5.74, 6) is 0.340. The number of thiazole rings is 1. The lowest BCUT2D eigenvalue weighted by Gasteiger charge is -2.00. The van der Waals surface area contributed by atoms with E-state index >= 15 is 0 Å². The van der Waals surface area contributed by atoms with Gasteiger partial charge in [-0.2, -0.15) is 0 Å². The summed E-state index contributed by atoms with van der Waals surface area (Å²) in [7, 11) is 1.64. The highest BCUT2D eigenvalue weighted by Crippen LogP contribution is 2.31. The van der Waals surface area contributed by atoms with E-state index in [1.54, 1.807) is 14.0 Å². The zero-order chi connectivity index (χ0) is 20.1. The minimum Gasteiger partial charge on any atom is -0.454 e. The number of aromatic nitrogens is 3. The summed E-state index contributed by atoms with van der Waals surface area (Å²) in [5.41, 5.74) is 1.91. The second kappa shape index (κ2) is 6.64. The SMILES string of the molecule is Cc1c(C(=O)Nc2nc(-c3cc4ccccc4o3)cs2)sc2ncn(C)c(=O)c12. The first-order chi connectivity index (χ1) is 14.0. The highest BCUT2D eigenvalue weighted by molar-refractivity contribution is 7.21. The Balaban J connectivity index is 1.45. The van der Waals surface area contributed by atoms with Gasteiger partial charge in [0.2, 0.25) is 0 Å². The van der Waals surface area contributed by atoms with Gasteiger partial charge in [-0.15, -0.1) is 22.7 Å². The second-order valence-electron chi connectivity index (χ2n) is 6.54. The van der Waals surface area contributed by atoms with E-state index in [1.165, 1.54) is 33.6 Å². The summed E-state index contributed by atoms with van der Waals surface area (Å²) in [4.78, 5) is 34.9. The van der Waals surface area contributed by atoms with E-state index in [1.807, 2.05) is 35.7 Å². The number of rotatable bonds is 3. The van der Waals surface area contributed by atoms with E-state index in [2.05, 4.69) is 15.3 Å². The first kappa shape index (κ1) is 17.8. The fourth-order valence-electron chi connectivity index (χ4n) is 3.13. The molecule has 1 N–H and O–H groups in total. The zero-order valence-electron chi connectivity index (χ0n) is 15.4. The van der Waals surface area contributed by atoms with Gasteiger partial charge in [-0.1, -0.05) is 18.2 Å². The number of para-hydroxylation sites is 1. The Hall–Kier alpha value is -3.30. The van der Waals surface area contributed by atoms with Crippen molar-refractivity contribution in [1.82, 2.24) is 14.5 Å². The molecule has 9 heteroatoms. The van der Waals surface area contributed by atoms with E-state index in [0.717, 1.165) is 11.0 Å². The summed E-state index contributed by atoms with van der Waals surface area (Å²) in [6, 6.07) is 9.66. The molecule has 7 nitrogen and oxygen atoms in total. The summed E-state index contributed by atoms with van der Waals surface area (Å²) < 4.78 is 7.24. The maximum absolute atomic E-state index is 12.8. The number of hydrogen-bond acceptors (Lipinski definition) is 7. The average molecular weight is 422 g/mol. The Kier molecular flexibility index (Phi) is 4.07. The number of fused-ring (bicyclic) bond motifs is 2. The van der Waals surface area contributed by atoms with Gasteiger partial charge in [-0.05, 0) is 24.6 Å². The van der Waals surface area contributed by atoms with Crippen LogP contribution < -0.4 is 10.9 Å². The van der Waals surface area contributed by atoms with Crippen LogP contribution in [0.3, 0.4) is 0 Å². The molecule has 0 unspecified atom stereocenters. The number of nitrogens with one attached hydrogen (secondary N) is 1. The van der Waals surface area contributed by atoms with Crippen molar-refractivity contribution in [3.8, 4) is 11.5 Å². The van der Waals surface area contributed by atoms with E-state index in [9.17, 15) is 9.59 Å². The molecule has 0 atom stereocenters. The molecule has 4 heterocycles. The molecule has 0 radical (unpaired) electrons. The standard InChI is InChI=1S/C20H14N4O3S2/c1-10-15-18(21-9-24(2)19(15)26)29-16(10)17(25)23-20-22-12(8-28-20)14-7-11-5-3-4-6-13(11)27-14/h3-9H,1-2H3,(H,22,23,25). The van der Waals surface area contributed by atoms with Crippen molar-refractivity contribution in [3.63, 3.8) is 0 Å². The fraction of sp³-hybridized carbons (Fsp3) is 0.100. The lowest BCUT2D eigenvalue weighted by Crippen LogP contribution is -2.17. The smallest absolute Gasteiger partial charge is 0.267 e. The largest absolute Gasteiger partial charge is 0.454 e. The highest BCUT2D eigenvalue weighted by Gasteiger charge is 2.20.